The van der Waals surface area contributed by atoms with Gasteiger partial charge in [-0.2, -0.15) is 5.10 Å². The van der Waals surface area contributed by atoms with Gasteiger partial charge in [0.1, 0.15) is 6.04 Å². The monoisotopic (exact) mass is 362 g/mol. The number of hydrogen-bond donors (Lipinski definition) is 2. The van der Waals surface area contributed by atoms with Crippen LogP contribution in [0.25, 0.3) is 22.4 Å². The second kappa shape index (κ2) is 6.61. The number of carbonyl (C=O) groups is 1. The predicted octanol–water partition coefficient (Wildman–Crippen LogP) is 3.85. The molecule has 1 atom stereocenters. The van der Waals surface area contributed by atoms with E-state index in [1.165, 1.54) is 6.21 Å². The van der Waals surface area contributed by atoms with E-state index < -0.39 is 6.04 Å². The molecule has 26 heavy (non-hydrogen) atoms. The Labute approximate surface area is 155 Å². The third kappa shape index (κ3) is 3.05. The fraction of sp³-hybridized carbons (Fsp3) is 0.0500. The molecule has 1 aliphatic heterocycles. The second-order valence-corrected chi connectivity index (χ2v) is 6.44. The molecule has 3 N–H and O–H groups in total. The zero-order valence-corrected chi connectivity index (χ0v) is 14.4. The fourth-order valence-electron chi connectivity index (χ4n) is 2.96. The van der Waals surface area contributed by atoms with Crippen LogP contribution in [0.5, 0.6) is 0 Å². The minimum atomic E-state index is -0.485. The molecule has 0 fully saturated rings. The fourth-order valence-corrected chi connectivity index (χ4v) is 3.14. The number of pyridine rings is 1. The van der Waals surface area contributed by atoms with E-state index in [-0.39, 0.29) is 5.78 Å². The first-order valence-corrected chi connectivity index (χ1v) is 8.44. The van der Waals surface area contributed by atoms with Gasteiger partial charge in [0.05, 0.1) is 23.8 Å². The Morgan fingerprint density at radius 1 is 1.00 bits per heavy atom. The molecule has 0 saturated heterocycles. The van der Waals surface area contributed by atoms with E-state index >= 15 is 0 Å². The zero-order valence-electron chi connectivity index (χ0n) is 13.7. The number of nitrogens with one attached hydrogen (secondary N) is 1. The quantitative estimate of drug-likeness (QED) is 0.741. The summed E-state index contributed by atoms with van der Waals surface area (Å²) in [4.78, 5) is 16.4. The Morgan fingerprint density at radius 3 is 2.42 bits per heavy atom. The number of halogens is 1. The molecule has 0 saturated carbocycles. The lowest BCUT2D eigenvalue weighted by Crippen LogP contribution is -2.18. The van der Waals surface area contributed by atoms with Crippen LogP contribution in [0.2, 0.25) is 5.02 Å². The summed E-state index contributed by atoms with van der Waals surface area (Å²) in [6, 6.07) is 16.7. The molecule has 128 valence electrons. The SMILES string of the molecule is Nc1ccc(-c2ccc(-c3cc(Cl)ccc3C3NN=CC3=O)cc2)nc1. The Bertz CT molecular complexity index is 997. The maximum absolute atomic E-state index is 12.0. The van der Waals surface area contributed by atoms with Crippen LogP contribution in [0.1, 0.15) is 11.6 Å². The molecule has 2 aromatic carbocycles. The third-order valence-corrected chi connectivity index (χ3v) is 4.52. The lowest BCUT2D eigenvalue weighted by Gasteiger charge is -2.15. The molecule has 0 amide bonds. The van der Waals surface area contributed by atoms with Crippen molar-refractivity contribution < 1.29 is 4.79 Å². The summed E-state index contributed by atoms with van der Waals surface area (Å²) >= 11 is 6.19. The first-order chi connectivity index (χ1) is 12.6. The number of carbonyl (C=O) groups excluding carboxylic acids is 1. The number of benzene rings is 2. The van der Waals surface area contributed by atoms with Gasteiger partial charge in [-0.3, -0.25) is 15.2 Å². The molecule has 1 aromatic heterocycles. The molecular formula is C20H15ClN4O. The highest BCUT2D eigenvalue weighted by atomic mass is 35.5. The number of nitrogens with two attached hydrogens (primary N) is 1. The molecule has 4 rings (SSSR count). The molecule has 0 spiro atoms. The van der Waals surface area contributed by atoms with Crippen LogP contribution in [0.15, 0.2) is 65.9 Å². The number of hydrazone groups is 1. The van der Waals surface area contributed by atoms with E-state index in [1.807, 2.05) is 48.5 Å². The van der Waals surface area contributed by atoms with E-state index in [4.69, 9.17) is 17.3 Å². The molecule has 2 heterocycles. The molecule has 1 aliphatic rings. The predicted molar refractivity (Wildman–Crippen MR) is 104 cm³/mol. The van der Waals surface area contributed by atoms with Crippen LogP contribution in [0.4, 0.5) is 5.69 Å². The van der Waals surface area contributed by atoms with Gasteiger partial charge in [0.2, 0.25) is 5.78 Å². The highest BCUT2D eigenvalue weighted by molar-refractivity contribution is 6.32. The Kier molecular flexibility index (Phi) is 4.14. The molecule has 0 bridgehead atoms. The third-order valence-electron chi connectivity index (χ3n) is 4.28. The Morgan fingerprint density at radius 2 is 1.77 bits per heavy atom. The summed E-state index contributed by atoms with van der Waals surface area (Å²) in [5.74, 6) is -0.0729. The first-order valence-electron chi connectivity index (χ1n) is 8.06. The van der Waals surface area contributed by atoms with Crippen LogP contribution in [-0.2, 0) is 4.79 Å². The summed E-state index contributed by atoms with van der Waals surface area (Å²) < 4.78 is 0. The molecular weight excluding hydrogens is 348 g/mol. The summed E-state index contributed by atoms with van der Waals surface area (Å²) in [5.41, 5.74) is 13.7. The highest BCUT2D eigenvalue weighted by Crippen LogP contribution is 2.33. The van der Waals surface area contributed by atoms with Crippen molar-refractivity contribution in [2.75, 3.05) is 5.73 Å². The van der Waals surface area contributed by atoms with Crippen molar-refractivity contribution in [1.29, 1.82) is 0 Å². The van der Waals surface area contributed by atoms with E-state index in [0.717, 1.165) is 27.9 Å². The second-order valence-electron chi connectivity index (χ2n) is 6.01. The van der Waals surface area contributed by atoms with Crippen LogP contribution < -0.4 is 11.2 Å². The first kappa shape index (κ1) is 16.3. The van der Waals surface area contributed by atoms with Gasteiger partial charge in [-0.1, -0.05) is 41.9 Å². The number of rotatable bonds is 3. The maximum atomic E-state index is 12.0. The Balaban J connectivity index is 1.72. The highest BCUT2D eigenvalue weighted by Gasteiger charge is 2.25. The average Bonchev–Trinajstić information content (AvgIpc) is 3.08. The maximum Gasteiger partial charge on any atom is 0.203 e. The lowest BCUT2D eigenvalue weighted by atomic mass is 9.93. The lowest BCUT2D eigenvalue weighted by molar-refractivity contribution is -0.113. The van der Waals surface area contributed by atoms with Crippen LogP contribution >= 0.6 is 11.6 Å². The Hall–Kier alpha value is -3.18. The summed E-state index contributed by atoms with van der Waals surface area (Å²) in [7, 11) is 0. The number of nitrogen functional groups attached to an aromatic ring is 1. The van der Waals surface area contributed by atoms with Crippen molar-refractivity contribution in [3.63, 3.8) is 0 Å². The molecule has 6 heteroatoms. The molecule has 0 radical (unpaired) electrons. The number of nitrogens with zero attached hydrogens (tertiary/aromatic N) is 2. The standard InChI is InChI=1S/C20H15ClN4O/c21-14-5-7-16(20-19(26)11-24-25-20)17(9-14)12-1-3-13(4-2-12)18-8-6-15(22)10-23-18/h1-11,20,25H,22H2. The van der Waals surface area contributed by atoms with Crippen molar-refractivity contribution >= 4 is 29.3 Å². The topological polar surface area (TPSA) is 80.4 Å². The van der Waals surface area contributed by atoms with Gasteiger partial charge >= 0.3 is 0 Å². The number of hydrogen-bond acceptors (Lipinski definition) is 5. The van der Waals surface area contributed by atoms with Gasteiger partial charge in [-0.05, 0) is 41.0 Å². The minimum Gasteiger partial charge on any atom is -0.397 e. The van der Waals surface area contributed by atoms with E-state index in [2.05, 4.69) is 15.5 Å². The smallest absolute Gasteiger partial charge is 0.203 e. The van der Waals surface area contributed by atoms with Gasteiger partial charge in [0.15, 0.2) is 0 Å². The molecule has 3 aromatic rings. The number of Topliss-reactive ketones (excluding diaryl/α,β-unsaturated/α-hetero) is 1. The van der Waals surface area contributed by atoms with Crippen LogP contribution in [0, 0.1) is 0 Å². The van der Waals surface area contributed by atoms with E-state index in [0.29, 0.717) is 10.7 Å². The number of anilines is 1. The van der Waals surface area contributed by atoms with Gasteiger partial charge in [-0.15, -0.1) is 0 Å². The van der Waals surface area contributed by atoms with Crippen LogP contribution in [-0.4, -0.2) is 17.0 Å². The van der Waals surface area contributed by atoms with Crippen molar-refractivity contribution in [2.45, 2.75) is 6.04 Å². The van der Waals surface area contributed by atoms with Gasteiger partial charge in [0.25, 0.3) is 0 Å². The van der Waals surface area contributed by atoms with Gasteiger partial charge in [0, 0.05) is 10.6 Å². The van der Waals surface area contributed by atoms with Gasteiger partial charge in [-0.25, -0.2) is 0 Å². The van der Waals surface area contributed by atoms with E-state index in [9.17, 15) is 4.79 Å². The summed E-state index contributed by atoms with van der Waals surface area (Å²) in [5, 5.41) is 4.47. The molecule has 5 nitrogen and oxygen atoms in total. The van der Waals surface area contributed by atoms with Crippen molar-refractivity contribution in [1.82, 2.24) is 10.4 Å². The molecule has 0 aliphatic carbocycles. The number of aromatic nitrogens is 1. The normalized spacial score (nSPS) is 15.9. The van der Waals surface area contributed by atoms with Crippen molar-refractivity contribution in [2.24, 2.45) is 5.10 Å². The van der Waals surface area contributed by atoms with Crippen molar-refractivity contribution in [3.05, 3.63) is 71.4 Å². The summed E-state index contributed by atoms with van der Waals surface area (Å²) in [6.07, 6.45) is 2.94. The molecule has 1 unspecified atom stereocenters. The largest absolute Gasteiger partial charge is 0.397 e. The van der Waals surface area contributed by atoms with Crippen LogP contribution in [0.3, 0.4) is 0 Å². The zero-order chi connectivity index (χ0) is 18.1. The average molecular weight is 363 g/mol. The number of ketones is 1. The minimum absolute atomic E-state index is 0.0729. The summed E-state index contributed by atoms with van der Waals surface area (Å²) in [6.45, 7) is 0. The van der Waals surface area contributed by atoms with Gasteiger partial charge < -0.3 is 5.73 Å². The van der Waals surface area contributed by atoms with E-state index in [1.54, 1.807) is 12.3 Å². The van der Waals surface area contributed by atoms with Crippen molar-refractivity contribution in [3.8, 4) is 22.4 Å².